The third kappa shape index (κ3) is 2.91. The maximum absolute atomic E-state index is 12.7. The molecule has 0 bridgehead atoms. The number of allylic oxidation sites excluding steroid dienone is 2. The number of carbonyl (C=O) groups excluding carboxylic acids is 1. The predicted molar refractivity (Wildman–Crippen MR) is 84.0 cm³/mol. The molecular weight excluding hydrogens is 278 g/mol. The zero-order valence-corrected chi connectivity index (χ0v) is 12.6. The number of hydrogen-bond acceptors (Lipinski definition) is 2. The Bertz CT molecular complexity index is 605. The van der Waals surface area contributed by atoms with Gasteiger partial charge in [-0.15, -0.1) is 0 Å². The zero-order chi connectivity index (χ0) is 15.6. The van der Waals surface area contributed by atoms with Crippen molar-refractivity contribution in [1.29, 1.82) is 0 Å². The molecule has 0 aromatic heterocycles. The van der Waals surface area contributed by atoms with Crippen molar-refractivity contribution in [3.8, 4) is 0 Å². The highest BCUT2D eigenvalue weighted by Gasteiger charge is 2.36. The largest absolute Gasteiger partial charge is 0.478 e. The van der Waals surface area contributed by atoms with Crippen molar-refractivity contribution in [2.75, 3.05) is 13.1 Å². The molecule has 1 spiro atoms. The van der Waals surface area contributed by atoms with E-state index in [2.05, 4.69) is 12.2 Å². The van der Waals surface area contributed by atoms with Crippen LogP contribution in [-0.4, -0.2) is 35.0 Å². The van der Waals surface area contributed by atoms with Crippen LogP contribution in [0.15, 0.2) is 36.4 Å². The molecule has 22 heavy (non-hydrogen) atoms. The van der Waals surface area contributed by atoms with Gasteiger partial charge in [0.15, 0.2) is 0 Å². The van der Waals surface area contributed by atoms with Crippen LogP contribution in [0.4, 0.5) is 0 Å². The van der Waals surface area contributed by atoms with Gasteiger partial charge in [0, 0.05) is 18.7 Å². The number of amides is 1. The van der Waals surface area contributed by atoms with Crippen LogP contribution < -0.4 is 0 Å². The minimum Gasteiger partial charge on any atom is -0.478 e. The third-order valence-corrected chi connectivity index (χ3v) is 4.89. The average Bonchev–Trinajstić information content (AvgIpc) is 2.55. The van der Waals surface area contributed by atoms with Crippen molar-refractivity contribution < 1.29 is 14.7 Å². The second-order valence-electron chi connectivity index (χ2n) is 6.43. The SMILES string of the molecule is O=C(O)c1ccc(C(=O)N2CCCC3(CC=CCC3)C2)cc1. The number of benzene rings is 1. The van der Waals surface area contributed by atoms with Crippen molar-refractivity contribution in [3.05, 3.63) is 47.5 Å². The van der Waals surface area contributed by atoms with Crippen LogP contribution in [-0.2, 0) is 0 Å². The van der Waals surface area contributed by atoms with Crippen LogP contribution in [0.5, 0.6) is 0 Å². The highest BCUT2D eigenvalue weighted by atomic mass is 16.4. The number of rotatable bonds is 2. The summed E-state index contributed by atoms with van der Waals surface area (Å²) < 4.78 is 0. The molecular formula is C18H21NO3. The molecule has 3 rings (SSSR count). The maximum atomic E-state index is 12.7. The fraction of sp³-hybridized carbons (Fsp3) is 0.444. The van der Waals surface area contributed by atoms with E-state index in [1.165, 1.54) is 18.6 Å². The molecule has 1 fully saturated rings. The number of likely N-dealkylation sites (tertiary alicyclic amines) is 1. The first-order valence-corrected chi connectivity index (χ1v) is 7.87. The fourth-order valence-corrected chi connectivity index (χ4v) is 3.63. The third-order valence-electron chi connectivity index (χ3n) is 4.89. The Labute approximate surface area is 130 Å². The van der Waals surface area contributed by atoms with E-state index < -0.39 is 5.97 Å². The van der Waals surface area contributed by atoms with Crippen molar-refractivity contribution in [2.45, 2.75) is 32.1 Å². The summed E-state index contributed by atoms with van der Waals surface area (Å²) in [6.07, 6.45) is 10.1. The molecule has 1 amide bonds. The monoisotopic (exact) mass is 299 g/mol. The number of piperidine rings is 1. The number of carboxylic acid groups (broad SMARTS) is 1. The minimum atomic E-state index is -0.968. The first-order chi connectivity index (χ1) is 10.6. The van der Waals surface area contributed by atoms with Gasteiger partial charge in [0.25, 0.3) is 5.91 Å². The van der Waals surface area contributed by atoms with Crippen LogP contribution in [0.25, 0.3) is 0 Å². The lowest BCUT2D eigenvalue weighted by atomic mass is 9.71. The summed E-state index contributed by atoms with van der Waals surface area (Å²) >= 11 is 0. The molecule has 1 aliphatic carbocycles. The lowest BCUT2D eigenvalue weighted by Crippen LogP contribution is -2.46. The second-order valence-corrected chi connectivity index (χ2v) is 6.43. The molecule has 1 heterocycles. The van der Waals surface area contributed by atoms with Crippen molar-refractivity contribution in [3.63, 3.8) is 0 Å². The normalized spacial score (nSPS) is 24.5. The van der Waals surface area contributed by atoms with Gasteiger partial charge in [-0.2, -0.15) is 0 Å². The fourth-order valence-electron chi connectivity index (χ4n) is 3.63. The van der Waals surface area contributed by atoms with E-state index in [1.54, 1.807) is 12.1 Å². The van der Waals surface area contributed by atoms with Crippen LogP contribution in [0.1, 0.15) is 52.8 Å². The van der Waals surface area contributed by atoms with Crippen molar-refractivity contribution >= 4 is 11.9 Å². The van der Waals surface area contributed by atoms with Gasteiger partial charge in [-0.25, -0.2) is 4.79 Å². The number of nitrogens with zero attached hydrogens (tertiary/aromatic N) is 1. The molecule has 0 saturated carbocycles. The zero-order valence-electron chi connectivity index (χ0n) is 12.6. The topological polar surface area (TPSA) is 57.6 Å². The predicted octanol–water partition coefficient (Wildman–Crippen LogP) is 3.35. The molecule has 4 nitrogen and oxygen atoms in total. The molecule has 2 aliphatic rings. The summed E-state index contributed by atoms with van der Waals surface area (Å²) in [5.41, 5.74) is 1.04. The summed E-state index contributed by atoms with van der Waals surface area (Å²) in [6, 6.07) is 6.24. The van der Waals surface area contributed by atoms with Gasteiger partial charge in [-0.05, 0) is 61.8 Å². The van der Waals surface area contributed by atoms with Crippen molar-refractivity contribution in [1.82, 2.24) is 4.90 Å². The molecule has 1 aromatic carbocycles. The van der Waals surface area contributed by atoms with E-state index >= 15 is 0 Å². The van der Waals surface area contributed by atoms with Gasteiger partial charge in [0.1, 0.15) is 0 Å². The van der Waals surface area contributed by atoms with Gasteiger partial charge in [0.05, 0.1) is 5.56 Å². The lowest BCUT2D eigenvalue weighted by Gasteiger charge is -2.44. The van der Waals surface area contributed by atoms with Crippen LogP contribution >= 0.6 is 0 Å². The lowest BCUT2D eigenvalue weighted by molar-refractivity contribution is 0.0484. The highest BCUT2D eigenvalue weighted by Crippen LogP contribution is 2.41. The number of carbonyl (C=O) groups is 2. The van der Waals surface area contributed by atoms with Crippen LogP contribution in [0, 0.1) is 5.41 Å². The molecule has 1 saturated heterocycles. The average molecular weight is 299 g/mol. The van der Waals surface area contributed by atoms with E-state index in [1.807, 2.05) is 4.90 Å². The highest BCUT2D eigenvalue weighted by molar-refractivity contribution is 5.96. The molecule has 1 atom stereocenters. The minimum absolute atomic E-state index is 0.0190. The van der Waals surface area contributed by atoms with E-state index in [0.29, 0.717) is 5.56 Å². The Morgan fingerprint density at radius 3 is 2.41 bits per heavy atom. The van der Waals surface area contributed by atoms with Gasteiger partial charge < -0.3 is 10.0 Å². The van der Waals surface area contributed by atoms with E-state index in [0.717, 1.165) is 38.8 Å². The van der Waals surface area contributed by atoms with E-state index in [9.17, 15) is 9.59 Å². The van der Waals surface area contributed by atoms with E-state index in [-0.39, 0.29) is 16.9 Å². The van der Waals surface area contributed by atoms with Crippen LogP contribution in [0.3, 0.4) is 0 Å². The molecule has 1 aliphatic heterocycles. The number of hydrogen-bond donors (Lipinski definition) is 1. The van der Waals surface area contributed by atoms with Crippen LogP contribution in [0.2, 0.25) is 0 Å². The van der Waals surface area contributed by atoms with E-state index in [4.69, 9.17) is 5.11 Å². The molecule has 1 aromatic rings. The Morgan fingerprint density at radius 2 is 1.77 bits per heavy atom. The summed E-state index contributed by atoms with van der Waals surface area (Å²) in [4.78, 5) is 25.5. The Morgan fingerprint density at radius 1 is 1.05 bits per heavy atom. The first-order valence-electron chi connectivity index (χ1n) is 7.87. The Kier molecular flexibility index (Phi) is 4.01. The quantitative estimate of drug-likeness (QED) is 0.852. The van der Waals surface area contributed by atoms with Crippen molar-refractivity contribution in [2.24, 2.45) is 5.41 Å². The smallest absolute Gasteiger partial charge is 0.335 e. The summed E-state index contributed by atoms with van der Waals surface area (Å²) in [7, 11) is 0. The second kappa shape index (κ2) is 5.95. The van der Waals surface area contributed by atoms with Gasteiger partial charge in [0.2, 0.25) is 0 Å². The number of carboxylic acids is 1. The molecule has 1 unspecified atom stereocenters. The molecule has 1 N–H and O–H groups in total. The molecule has 4 heteroatoms. The van der Waals surface area contributed by atoms with Gasteiger partial charge in [-0.1, -0.05) is 12.2 Å². The molecule has 116 valence electrons. The number of aromatic carboxylic acids is 1. The first kappa shape index (κ1) is 14.8. The maximum Gasteiger partial charge on any atom is 0.335 e. The standard InChI is InChI=1S/C18H21NO3/c20-16(14-5-7-15(8-6-14)17(21)22)19-12-4-11-18(13-19)9-2-1-3-10-18/h1-2,5-8H,3-4,9-13H2,(H,21,22). The summed E-state index contributed by atoms with van der Waals surface area (Å²) in [6.45, 7) is 1.61. The Hall–Kier alpha value is -2.10. The Balaban J connectivity index is 1.74. The van der Waals surface area contributed by atoms with Gasteiger partial charge in [-0.3, -0.25) is 4.79 Å². The summed E-state index contributed by atoms with van der Waals surface area (Å²) in [5, 5.41) is 8.93. The molecule has 0 radical (unpaired) electrons. The van der Waals surface area contributed by atoms with Gasteiger partial charge >= 0.3 is 5.97 Å². The summed E-state index contributed by atoms with van der Waals surface area (Å²) in [5.74, 6) is -0.949.